The Morgan fingerprint density at radius 3 is 1.38 bits per heavy atom. The first-order valence-electron chi connectivity index (χ1n) is 10.2. The van der Waals surface area contributed by atoms with Crippen molar-refractivity contribution in [2.24, 2.45) is 0 Å². The summed E-state index contributed by atoms with van der Waals surface area (Å²) in [6.45, 7) is 1.12. The maximum Gasteiger partial charge on any atom is 0.338 e. The second-order valence-electron chi connectivity index (χ2n) is 7.11. The van der Waals surface area contributed by atoms with Crippen LogP contribution < -0.4 is 0 Å². The number of ether oxygens (including phenoxy) is 4. The molecule has 0 aromatic heterocycles. The van der Waals surface area contributed by atoms with Crippen molar-refractivity contribution in [3.63, 3.8) is 0 Å². The zero-order valence-corrected chi connectivity index (χ0v) is 18.2. The fourth-order valence-electron chi connectivity index (χ4n) is 3.24. The summed E-state index contributed by atoms with van der Waals surface area (Å²) in [6, 6.07) is 22.7. The summed E-state index contributed by atoms with van der Waals surface area (Å²) in [7, 11) is 2.59. The number of benzene rings is 3. The number of carbonyl (C=O) groups is 2. The average molecular weight is 434 g/mol. The van der Waals surface area contributed by atoms with E-state index in [0.717, 1.165) is 11.1 Å². The minimum absolute atomic E-state index is 0.173. The van der Waals surface area contributed by atoms with Crippen LogP contribution in [0.3, 0.4) is 0 Å². The molecule has 0 bridgehead atoms. The molecule has 0 spiro atoms. The molecule has 166 valence electrons. The Morgan fingerprint density at radius 1 is 0.594 bits per heavy atom. The average Bonchev–Trinajstić information content (AvgIpc) is 2.84. The zero-order chi connectivity index (χ0) is 22.8. The van der Waals surface area contributed by atoms with Crippen molar-refractivity contribution in [1.29, 1.82) is 0 Å². The van der Waals surface area contributed by atoms with E-state index in [1.807, 2.05) is 60.7 Å². The van der Waals surface area contributed by atoms with Crippen molar-refractivity contribution >= 4 is 11.9 Å². The van der Waals surface area contributed by atoms with Gasteiger partial charge >= 0.3 is 11.9 Å². The van der Waals surface area contributed by atoms with Gasteiger partial charge in [-0.05, 0) is 34.4 Å². The second-order valence-corrected chi connectivity index (χ2v) is 7.11. The van der Waals surface area contributed by atoms with E-state index >= 15 is 0 Å². The van der Waals surface area contributed by atoms with Crippen LogP contribution >= 0.6 is 0 Å². The predicted octanol–water partition coefficient (Wildman–Crippen LogP) is 4.69. The van der Waals surface area contributed by atoms with Crippen LogP contribution in [0.1, 0.15) is 43.0 Å². The highest BCUT2D eigenvalue weighted by atomic mass is 16.5. The van der Waals surface area contributed by atoms with Gasteiger partial charge in [-0.25, -0.2) is 9.59 Å². The van der Waals surface area contributed by atoms with E-state index in [1.54, 1.807) is 6.07 Å². The number of esters is 2. The maximum atomic E-state index is 12.4. The lowest BCUT2D eigenvalue weighted by molar-refractivity contribution is 0.0584. The maximum absolute atomic E-state index is 12.4. The number of rotatable bonds is 10. The van der Waals surface area contributed by atoms with Crippen molar-refractivity contribution in [2.75, 3.05) is 14.2 Å². The van der Waals surface area contributed by atoms with Gasteiger partial charge in [0.15, 0.2) is 0 Å². The molecule has 0 atom stereocenters. The summed E-state index contributed by atoms with van der Waals surface area (Å²) in [5, 5.41) is 0. The monoisotopic (exact) mass is 434 g/mol. The van der Waals surface area contributed by atoms with E-state index in [1.165, 1.54) is 20.3 Å². The van der Waals surface area contributed by atoms with E-state index in [2.05, 4.69) is 0 Å². The van der Waals surface area contributed by atoms with Gasteiger partial charge < -0.3 is 18.9 Å². The molecule has 0 saturated carbocycles. The van der Waals surface area contributed by atoms with E-state index in [4.69, 9.17) is 18.9 Å². The van der Waals surface area contributed by atoms with Crippen LogP contribution in [-0.2, 0) is 45.4 Å². The summed E-state index contributed by atoms with van der Waals surface area (Å²) < 4.78 is 21.5. The van der Waals surface area contributed by atoms with Gasteiger partial charge in [-0.15, -0.1) is 0 Å². The Kier molecular flexibility index (Phi) is 8.54. The van der Waals surface area contributed by atoms with Crippen molar-refractivity contribution in [3.05, 3.63) is 106 Å². The molecule has 0 aliphatic rings. The number of carbonyl (C=O) groups excluding carboxylic acids is 2. The van der Waals surface area contributed by atoms with Crippen LogP contribution in [0.25, 0.3) is 0 Å². The van der Waals surface area contributed by atoms with Crippen molar-refractivity contribution < 1.29 is 28.5 Å². The molecule has 3 aromatic rings. The minimum atomic E-state index is -0.551. The molecular formula is C26H26O6. The van der Waals surface area contributed by atoms with E-state index in [-0.39, 0.29) is 24.3 Å². The molecule has 0 unspecified atom stereocenters. The molecule has 0 saturated heterocycles. The van der Waals surface area contributed by atoms with Gasteiger partial charge in [-0.1, -0.05) is 60.7 Å². The largest absolute Gasteiger partial charge is 0.465 e. The number of hydrogen-bond donors (Lipinski definition) is 0. The van der Waals surface area contributed by atoms with Crippen LogP contribution in [-0.4, -0.2) is 26.2 Å². The van der Waals surface area contributed by atoms with Gasteiger partial charge in [-0.3, -0.25) is 0 Å². The Hall–Kier alpha value is -3.48. The SMILES string of the molecule is COC(=O)c1cc(C(=O)OC)c(COCc2ccccc2)cc1COCc1ccccc1. The van der Waals surface area contributed by atoms with Crippen LogP contribution in [0.2, 0.25) is 0 Å². The van der Waals surface area contributed by atoms with Crippen LogP contribution in [0.5, 0.6) is 0 Å². The van der Waals surface area contributed by atoms with Gasteiger partial charge in [0.2, 0.25) is 0 Å². The summed E-state index contributed by atoms with van der Waals surface area (Å²) in [6.07, 6.45) is 0. The third-order valence-electron chi connectivity index (χ3n) is 4.88. The molecule has 6 heteroatoms. The van der Waals surface area contributed by atoms with Crippen molar-refractivity contribution in [2.45, 2.75) is 26.4 Å². The molecule has 3 rings (SSSR count). The summed E-state index contributed by atoms with van der Waals surface area (Å²) >= 11 is 0. The van der Waals surface area contributed by atoms with Crippen molar-refractivity contribution in [1.82, 2.24) is 0 Å². The molecule has 3 aromatic carbocycles. The molecular weight excluding hydrogens is 408 g/mol. The lowest BCUT2D eigenvalue weighted by atomic mass is 9.98. The van der Waals surface area contributed by atoms with E-state index in [0.29, 0.717) is 24.3 Å². The Morgan fingerprint density at radius 2 is 1.00 bits per heavy atom. The summed E-state index contributed by atoms with van der Waals surface area (Å²) in [5.41, 5.74) is 3.77. The molecule has 0 N–H and O–H groups in total. The predicted molar refractivity (Wildman–Crippen MR) is 119 cm³/mol. The third kappa shape index (κ3) is 6.26. The van der Waals surface area contributed by atoms with Gasteiger partial charge in [0.25, 0.3) is 0 Å². The van der Waals surface area contributed by atoms with Crippen LogP contribution in [0.15, 0.2) is 72.8 Å². The summed E-state index contributed by atoms with van der Waals surface area (Å²) in [5.74, 6) is -1.10. The highest BCUT2D eigenvalue weighted by Crippen LogP contribution is 2.22. The lowest BCUT2D eigenvalue weighted by Gasteiger charge is -2.15. The highest BCUT2D eigenvalue weighted by Gasteiger charge is 2.21. The number of methoxy groups -OCH3 is 2. The van der Waals surface area contributed by atoms with Gasteiger partial charge in [0, 0.05) is 0 Å². The van der Waals surface area contributed by atoms with E-state index in [9.17, 15) is 9.59 Å². The van der Waals surface area contributed by atoms with Crippen LogP contribution in [0, 0.1) is 0 Å². The van der Waals surface area contributed by atoms with Gasteiger partial charge in [0.1, 0.15) is 0 Å². The van der Waals surface area contributed by atoms with Gasteiger partial charge in [0.05, 0.1) is 51.8 Å². The molecule has 0 amide bonds. The minimum Gasteiger partial charge on any atom is -0.465 e. The standard InChI is InChI=1S/C26H26O6/c1-29-25(27)23-14-24(26(28)30-2)22(18-32-16-20-11-7-4-8-12-20)13-21(23)17-31-15-19-9-5-3-6-10-19/h3-14H,15-18H2,1-2H3. The number of hydrogen-bond acceptors (Lipinski definition) is 6. The molecule has 6 nitrogen and oxygen atoms in total. The molecule has 32 heavy (non-hydrogen) atoms. The molecule has 0 heterocycles. The Bertz CT molecular complexity index is 950. The molecule has 0 aliphatic heterocycles. The first kappa shape index (κ1) is 23.2. The zero-order valence-electron chi connectivity index (χ0n) is 18.2. The smallest absolute Gasteiger partial charge is 0.338 e. The third-order valence-corrected chi connectivity index (χ3v) is 4.88. The normalized spacial score (nSPS) is 10.6. The first-order chi connectivity index (χ1) is 15.6. The lowest BCUT2D eigenvalue weighted by Crippen LogP contribution is -2.14. The molecule has 0 fully saturated rings. The fraction of sp³-hybridized carbons (Fsp3) is 0.231. The highest BCUT2D eigenvalue weighted by molar-refractivity contribution is 5.97. The Labute approximate surface area is 187 Å². The van der Waals surface area contributed by atoms with Gasteiger partial charge in [-0.2, -0.15) is 0 Å². The second kappa shape index (κ2) is 11.8. The van der Waals surface area contributed by atoms with E-state index < -0.39 is 11.9 Å². The summed E-state index contributed by atoms with van der Waals surface area (Å²) in [4.78, 5) is 24.8. The first-order valence-corrected chi connectivity index (χ1v) is 10.2. The molecule has 0 aliphatic carbocycles. The molecule has 0 radical (unpaired) electrons. The van der Waals surface area contributed by atoms with Crippen LogP contribution in [0.4, 0.5) is 0 Å². The Balaban J connectivity index is 1.82. The fourth-order valence-corrected chi connectivity index (χ4v) is 3.24. The topological polar surface area (TPSA) is 71.1 Å². The quantitative estimate of drug-likeness (QED) is 0.431. The van der Waals surface area contributed by atoms with Crippen molar-refractivity contribution in [3.8, 4) is 0 Å².